The molecule has 0 spiro atoms. The molecule has 0 aromatic heterocycles. The van der Waals surface area contributed by atoms with Gasteiger partial charge in [0.2, 0.25) is 11.8 Å². The van der Waals surface area contributed by atoms with Gasteiger partial charge in [-0.05, 0) is 0 Å². The second-order valence-corrected chi connectivity index (χ2v) is 2.81. The molecule has 0 bridgehead atoms. The number of amides is 2. The summed E-state index contributed by atoms with van der Waals surface area (Å²) in [5, 5.41) is 10.6. The van der Waals surface area contributed by atoms with Crippen molar-refractivity contribution in [3.63, 3.8) is 0 Å². The average molecular weight is 218 g/mol. The first-order valence-corrected chi connectivity index (χ1v) is 4.21. The molecule has 86 valence electrons. The van der Waals surface area contributed by atoms with Crippen molar-refractivity contribution in [3.05, 3.63) is 0 Å². The summed E-state index contributed by atoms with van der Waals surface area (Å²) >= 11 is 0. The number of aliphatic carboxylic acids is 1. The van der Waals surface area contributed by atoms with Crippen LogP contribution in [0.4, 0.5) is 0 Å². The van der Waals surface area contributed by atoms with Crippen LogP contribution in [-0.4, -0.2) is 61.6 Å². The molecule has 0 rings (SSSR count). The van der Waals surface area contributed by atoms with Crippen molar-refractivity contribution in [2.24, 2.45) is 0 Å². The standard InChI is InChI=1S/C8H14N2O5/c1-9-6(11)3-10(2)7(12)4-15-5-8(13)14/h3-5H2,1-2H3,(H,9,11)(H,13,14). The Morgan fingerprint density at radius 2 is 1.93 bits per heavy atom. The molecule has 0 aliphatic heterocycles. The number of nitrogens with one attached hydrogen (secondary N) is 1. The minimum absolute atomic E-state index is 0.0776. The lowest BCUT2D eigenvalue weighted by molar-refractivity contribution is -0.146. The summed E-state index contributed by atoms with van der Waals surface area (Å²) in [7, 11) is 2.89. The predicted molar refractivity (Wildman–Crippen MR) is 50.2 cm³/mol. The molecule has 0 unspecified atom stereocenters. The third-order valence-electron chi connectivity index (χ3n) is 1.54. The van der Waals surface area contributed by atoms with E-state index in [0.717, 1.165) is 4.90 Å². The largest absolute Gasteiger partial charge is 0.480 e. The Morgan fingerprint density at radius 3 is 2.40 bits per heavy atom. The van der Waals surface area contributed by atoms with Crippen molar-refractivity contribution >= 4 is 17.8 Å². The third kappa shape index (κ3) is 6.44. The van der Waals surface area contributed by atoms with Gasteiger partial charge in [-0.25, -0.2) is 4.79 Å². The Bertz CT molecular complexity index is 253. The minimum atomic E-state index is -1.14. The van der Waals surface area contributed by atoms with Crippen molar-refractivity contribution in [1.82, 2.24) is 10.2 Å². The molecule has 0 heterocycles. The van der Waals surface area contributed by atoms with E-state index in [1.165, 1.54) is 14.1 Å². The van der Waals surface area contributed by atoms with E-state index in [1.807, 2.05) is 0 Å². The van der Waals surface area contributed by atoms with Crippen molar-refractivity contribution in [2.45, 2.75) is 0 Å². The molecule has 7 heteroatoms. The molecule has 0 saturated heterocycles. The molecule has 0 fully saturated rings. The van der Waals surface area contributed by atoms with E-state index < -0.39 is 18.5 Å². The highest BCUT2D eigenvalue weighted by Gasteiger charge is 2.12. The number of carboxylic acid groups (broad SMARTS) is 1. The van der Waals surface area contributed by atoms with E-state index >= 15 is 0 Å². The van der Waals surface area contributed by atoms with Crippen LogP contribution in [0.2, 0.25) is 0 Å². The van der Waals surface area contributed by atoms with Crippen LogP contribution in [0.3, 0.4) is 0 Å². The zero-order valence-corrected chi connectivity index (χ0v) is 8.65. The highest BCUT2D eigenvalue weighted by molar-refractivity contribution is 5.85. The van der Waals surface area contributed by atoms with Gasteiger partial charge in [0.1, 0.15) is 13.2 Å². The Morgan fingerprint density at radius 1 is 1.33 bits per heavy atom. The summed E-state index contributed by atoms with van der Waals surface area (Å²) in [5.41, 5.74) is 0. The van der Waals surface area contributed by atoms with Gasteiger partial charge in [0.25, 0.3) is 0 Å². The fourth-order valence-corrected chi connectivity index (χ4v) is 0.718. The number of nitrogens with zero attached hydrogens (tertiary/aromatic N) is 1. The Hall–Kier alpha value is -1.63. The zero-order valence-electron chi connectivity index (χ0n) is 8.65. The molecule has 0 atom stereocenters. The second kappa shape index (κ2) is 6.77. The monoisotopic (exact) mass is 218 g/mol. The maximum absolute atomic E-state index is 11.2. The maximum atomic E-state index is 11.2. The van der Waals surface area contributed by atoms with E-state index in [9.17, 15) is 14.4 Å². The van der Waals surface area contributed by atoms with E-state index in [1.54, 1.807) is 0 Å². The van der Waals surface area contributed by atoms with Crippen LogP contribution in [0.1, 0.15) is 0 Å². The molecule has 0 aliphatic rings. The van der Waals surface area contributed by atoms with Gasteiger partial charge in [-0.1, -0.05) is 0 Å². The maximum Gasteiger partial charge on any atom is 0.329 e. The Kier molecular flexibility index (Phi) is 6.03. The lowest BCUT2D eigenvalue weighted by Gasteiger charge is -2.15. The lowest BCUT2D eigenvalue weighted by atomic mass is 10.5. The van der Waals surface area contributed by atoms with Gasteiger partial charge in [-0.15, -0.1) is 0 Å². The van der Waals surface area contributed by atoms with E-state index in [4.69, 9.17) is 5.11 Å². The van der Waals surface area contributed by atoms with Crippen molar-refractivity contribution in [3.8, 4) is 0 Å². The van der Waals surface area contributed by atoms with Crippen LogP contribution in [-0.2, 0) is 19.1 Å². The molecule has 2 N–H and O–H groups in total. The van der Waals surface area contributed by atoms with E-state index in [2.05, 4.69) is 10.1 Å². The van der Waals surface area contributed by atoms with Crippen molar-refractivity contribution in [1.29, 1.82) is 0 Å². The lowest BCUT2D eigenvalue weighted by Crippen LogP contribution is -2.38. The van der Waals surface area contributed by atoms with Gasteiger partial charge >= 0.3 is 5.97 Å². The quantitative estimate of drug-likeness (QED) is 0.553. The molecule has 7 nitrogen and oxygen atoms in total. The van der Waals surface area contributed by atoms with Crippen LogP contribution in [0.25, 0.3) is 0 Å². The first-order chi connectivity index (χ1) is 6.97. The molecule has 0 aromatic rings. The summed E-state index contributed by atoms with van der Waals surface area (Å²) in [5.74, 6) is -1.89. The fraction of sp³-hybridized carbons (Fsp3) is 0.625. The Balaban J connectivity index is 3.79. The summed E-state index contributed by atoms with van der Waals surface area (Å²) in [6.45, 7) is -0.953. The number of rotatable bonds is 6. The SMILES string of the molecule is CNC(=O)CN(C)C(=O)COCC(=O)O. The first-order valence-electron chi connectivity index (χ1n) is 4.21. The molecule has 15 heavy (non-hydrogen) atoms. The van der Waals surface area contributed by atoms with Crippen LogP contribution in [0, 0.1) is 0 Å². The summed E-state index contributed by atoms with van der Waals surface area (Å²) in [4.78, 5) is 33.3. The van der Waals surface area contributed by atoms with E-state index in [0.29, 0.717) is 0 Å². The number of ether oxygens (including phenoxy) is 1. The van der Waals surface area contributed by atoms with Gasteiger partial charge in [-0.3, -0.25) is 9.59 Å². The van der Waals surface area contributed by atoms with E-state index in [-0.39, 0.29) is 19.1 Å². The summed E-state index contributed by atoms with van der Waals surface area (Å²) < 4.78 is 4.57. The number of carbonyl (C=O) groups excluding carboxylic acids is 2. The van der Waals surface area contributed by atoms with Crippen molar-refractivity contribution < 1.29 is 24.2 Å². The number of carboxylic acids is 1. The van der Waals surface area contributed by atoms with Gasteiger partial charge in [0, 0.05) is 14.1 Å². The second-order valence-electron chi connectivity index (χ2n) is 2.81. The number of hydrogen-bond acceptors (Lipinski definition) is 4. The summed E-state index contributed by atoms with van der Waals surface area (Å²) in [6, 6.07) is 0. The third-order valence-corrected chi connectivity index (χ3v) is 1.54. The molecule has 2 amide bonds. The topological polar surface area (TPSA) is 95.9 Å². The van der Waals surface area contributed by atoms with Gasteiger partial charge in [-0.2, -0.15) is 0 Å². The zero-order chi connectivity index (χ0) is 11.8. The van der Waals surface area contributed by atoms with Crippen LogP contribution in [0.5, 0.6) is 0 Å². The van der Waals surface area contributed by atoms with Crippen LogP contribution < -0.4 is 5.32 Å². The fourth-order valence-electron chi connectivity index (χ4n) is 0.718. The number of carbonyl (C=O) groups is 3. The molecular formula is C8H14N2O5. The van der Waals surface area contributed by atoms with Crippen LogP contribution >= 0.6 is 0 Å². The van der Waals surface area contributed by atoms with Gasteiger partial charge < -0.3 is 20.1 Å². The van der Waals surface area contributed by atoms with Crippen molar-refractivity contribution in [2.75, 3.05) is 33.9 Å². The van der Waals surface area contributed by atoms with Gasteiger partial charge in [0.15, 0.2) is 0 Å². The number of likely N-dealkylation sites (N-methyl/N-ethyl adjacent to an activating group) is 2. The van der Waals surface area contributed by atoms with Gasteiger partial charge in [0.05, 0.1) is 6.54 Å². The molecule has 0 aliphatic carbocycles. The Labute approximate surface area is 87.0 Å². The summed E-state index contributed by atoms with van der Waals surface area (Å²) in [6.07, 6.45) is 0. The average Bonchev–Trinajstić information content (AvgIpc) is 2.16. The van der Waals surface area contributed by atoms with Crippen LogP contribution in [0.15, 0.2) is 0 Å². The number of hydrogen-bond donors (Lipinski definition) is 2. The molecule has 0 aromatic carbocycles. The molecular weight excluding hydrogens is 204 g/mol. The molecule has 0 saturated carbocycles. The predicted octanol–water partition coefficient (Wildman–Crippen LogP) is -1.71. The molecule has 0 radical (unpaired) electrons. The normalized spacial score (nSPS) is 9.47. The highest BCUT2D eigenvalue weighted by Crippen LogP contribution is 1.86. The highest BCUT2D eigenvalue weighted by atomic mass is 16.5. The smallest absolute Gasteiger partial charge is 0.329 e. The first kappa shape index (κ1) is 13.4. The minimum Gasteiger partial charge on any atom is -0.480 e.